The molecule has 0 saturated heterocycles. The summed E-state index contributed by atoms with van der Waals surface area (Å²) in [7, 11) is 0.642. The van der Waals surface area contributed by atoms with E-state index >= 15 is 0 Å². The second kappa shape index (κ2) is 7.81. The lowest BCUT2D eigenvalue weighted by atomic mass is 10.3. The van der Waals surface area contributed by atoms with Crippen molar-refractivity contribution >= 4 is 15.8 Å². The molecule has 0 bridgehead atoms. The number of sulfone groups is 1. The molecule has 8 heteroatoms. The highest BCUT2D eigenvalue weighted by Crippen LogP contribution is 2.15. The number of hydrogen-bond acceptors (Lipinski definition) is 4. The molecule has 1 aromatic rings. The fourth-order valence-electron chi connectivity index (χ4n) is 1.95. The fourth-order valence-corrected chi connectivity index (χ4v) is 2.89. The number of rotatable bonds is 6. The molecule has 23 heavy (non-hydrogen) atoms. The minimum absolute atomic E-state index is 0.0477. The molecule has 1 aromatic heterocycles. The topological polar surface area (TPSA) is 79.6 Å². The average molecular weight is 343 g/mol. The number of aliphatic imine (C=N–C) groups is 1. The number of aryl methyl sites for hydroxylation is 1. The zero-order chi connectivity index (χ0) is 17.7. The van der Waals surface area contributed by atoms with E-state index in [9.17, 15) is 8.42 Å². The van der Waals surface area contributed by atoms with Gasteiger partial charge in [-0.2, -0.15) is 5.10 Å². The van der Waals surface area contributed by atoms with Crippen LogP contribution in [0.3, 0.4) is 0 Å². The molecule has 1 N–H and O–H groups in total. The molecule has 0 spiro atoms. The van der Waals surface area contributed by atoms with Crippen LogP contribution in [0.15, 0.2) is 17.4 Å². The minimum Gasteiger partial charge on any atom is -0.357 e. The molecule has 0 aliphatic carbocycles. The maximum atomic E-state index is 12.1. The van der Waals surface area contributed by atoms with E-state index < -0.39 is 14.6 Å². The molecule has 0 amide bonds. The summed E-state index contributed by atoms with van der Waals surface area (Å²) in [4.78, 5) is 6.40. The summed E-state index contributed by atoms with van der Waals surface area (Å²) in [6.07, 6.45) is 3.76. The Kier molecular flexibility index (Phi) is 6.61. The summed E-state index contributed by atoms with van der Waals surface area (Å²) in [6, 6.07) is 0. The number of nitrogens with one attached hydrogen (secondary N) is 1. The smallest absolute Gasteiger partial charge is 0.193 e. The Balaban J connectivity index is 2.73. The molecular weight excluding hydrogens is 314 g/mol. The highest BCUT2D eigenvalue weighted by Gasteiger charge is 2.28. The van der Waals surface area contributed by atoms with Gasteiger partial charge in [-0.3, -0.25) is 9.67 Å². The second-order valence-electron chi connectivity index (χ2n) is 6.55. The maximum absolute atomic E-state index is 12.1. The normalized spacial score (nSPS) is 13.2. The van der Waals surface area contributed by atoms with Crippen LogP contribution >= 0.6 is 0 Å². The van der Waals surface area contributed by atoms with Gasteiger partial charge in [-0.15, -0.1) is 0 Å². The van der Waals surface area contributed by atoms with Gasteiger partial charge in [0.25, 0.3) is 0 Å². The fraction of sp³-hybridized carbons (Fsp3) is 0.733. The van der Waals surface area contributed by atoms with E-state index in [4.69, 9.17) is 0 Å². The van der Waals surface area contributed by atoms with Crippen LogP contribution in [0, 0.1) is 0 Å². The van der Waals surface area contributed by atoms with Gasteiger partial charge in [0.15, 0.2) is 15.8 Å². The van der Waals surface area contributed by atoms with Gasteiger partial charge in [-0.1, -0.05) is 0 Å². The molecule has 1 heterocycles. The Hall–Kier alpha value is -1.57. The first-order valence-electron chi connectivity index (χ1n) is 7.76. The van der Waals surface area contributed by atoms with Gasteiger partial charge in [0.05, 0.1) is 23.2 Å². The zero-order valence-electron chi connectivity index (χ0n) is 15.0. The van der Waals surface area contributed by atoms with Crippen molar-refractivity contribution in [2.75, 3.05) is 25.9 Å². The highest BCUT2D eigenvalue weighted by molar-refractivity contribution is 7.92. The largest absolute Gasteiger partial charge is 0.357 e. The van der Waals surface area contributed by atoms with Gasteiger partial charge < -0.3 is 10.2 Å². The van der Waals surface area contributed by atoms with Crippen LogP contribution in [0.2, 0.25) is 0 Å². The second-order valence-corrected chi connectivity index (χ2v) is 9.41. The molecule has 0 aliphatic heterocycles. The number of aromatic nitrogens is 2. The van der Waals surface area contributed by atoms with Crippen LogP contribution in [-0.4, -0.2) is 59.7 Å². The van der Waals surface area contributed by atoms with Crippen molar-refractivity contribution in [1.82, 2.24) is 20.0 Å². The van der Waals surface area contributed by atoms with E-state index in [1.54, 1.807) is 25.5 Å². The standard InChI is InChI=1S/C15H29N5O2S/c1-7-16-14(17-8-9-23(21,22)15(2,3)4)19(5)11-13-10-18-20(6)12-13/h10,12H,7-9,11H2,1-6H3,(H,16,17). The first kappa shape index (κ1) is 19.5. The average Bonchev–Trinajstić information content (AvgIpc) is 2.81. The molecule has 0 aliphatic rings. The van der Waals surface area contributed by atoms with Crippen molar-refractivity contribution in [2.45, 2.75) is 39.0 Å². The minimum atomic E-state index is -3.16. The Morgan fingerprint density at radius 2 is 2.09 bits per heavy atom. The lowest BCUT2D eigenvalue weighted by Gasteiger charge is -2.22. The number of hydrogen-bond donors (Lipinski definition) is 1. The molecule has 0 unspecified atom stereocenters. The quantitative estimate of drug-likeness (QED) is 0.616. The van der Waals surface area contributed by atoms with Crippen molar-refractivity contribution < 1.29 is 8.42 Å². The Bertz CT molecular complexity index is 629. The van der Waals surface area contributed by atoms with E-state index in [2.05, 4.69) is 15.4 Å². The Morgan fingerprint density at radius 3 is 2.57 bits per heavy atom. The third-order valence-electron chi connectivity index (χ3n) is 3.43. The molecule has 132 valence electrons. The van der Waals surface area contributed by atoms with Crippen molar-refractivity contribution in [3.63, 3.8) is 0 Å². The lowest BCUT2D eigenvalue weighted by molar-refractivity contribution is 0.477. The van der Waals surface area contributed by atoms with Crippen molar-refractivity contribution in [2.24, 2.45) is 12.0 Å². The van der Waals surface area contributed by atoms with Gasteiger partial charge in [0, 0.05) is 38.9 Å². The summed E-state index contributed by atoms with van der Waals surface area (Å²) < 4.78 is 25.3. The van der Waals surface area contributed by atoms with Gasteiger partial charge in [0.1, 0.15) is 0 Å². The van der Waals surface area contributed by atoms with Crippen LogP contribution in [0.5, 0.6) is 0 Å². The third kappa shape index (κ3) is 5.85. The van der Waals surface area contributed by atoms with E-state index in [0.717, 1.165) is 12.1 Å². The van der Waals surface area contributed by atoms with E-state index in [1.165, 1.54) is 0 Å². The van der Waals surface area contributed by atoms with E-state index in [1.807, 2.05) is 38.3 Å². The molecule has 0 atom stereocenters. The maximum Gasteiger partial charge on any atom is 0.193 e. The Labute approximate surface area is 139 Å². The van der Waals surface area contributed by atoms with Crippen LogP contribution in [0.25, 0.3) is 0 Å². The molecule has 0 saturated carbocycles. The third-order valence-corrected chi connectivity index (χ3v) is 6.02. The van der Waals surface area contributed by atoms with E-state index in [-0.39, 0.29) is 12.3 Å². The summed E-state index contributed by atoms with van der Waals surface area (Å²) in [5.41, 5.74) is 1.07. The monoisotopic (exact) mass is 343 g/mol. The summed E-state index contributed by atoms with van der Waals surface area (Å²) in [6.45, 7) is 8.76. The summed E-state index contributed by atoms with van der Waals surface area (Å²) >= 11 is 0. The van der Waals surface area contributed by atoms with Crippen molar-refractivity contribution in [3.8, 4) is 0 Å². The molecule has 0 radical (unpaired) electrons. The van der Waals surface area contributed by atoms with Crippen LogP contribution in [0.4, 0.5) is 0 Å². The summed E-state index contributed by atoms with van der Waals surface area (Å²) in [5.74, 6) is 0.743. The molecule has 7 nitrogen and oxygen atoms in total. The number of guanidine groups is 1. The highest BCUT2D eigenvalue weighted by atomic mass is 32.2. The first-order valence-corrected chi connectivity index (χ1v) is 9.41. The van der Waals surface area contributed by atoms with Gasteiger partial charge >= 0.3 is 0 Å². The van der Waals surface area contributed by atoms with Crippen LogP contribution < -0.4 is 5.32 Å². The Morgan fingerprint density at radius 1 is 1.43 bits per heavy atom. The van der Waals surface area contributed by atoms with Crippen molar-refractivity contribution in [1.29, 1.82) is 0 Å². The van der Waals surface area contributed by atoms with Crippen molar-refractivity contribution in [3.05, 3.63) is 18.0 Å². The van der Waals surface area contributed by atoms with Gasteiger partial charge in [-0.25, -0.2) is 8.42 Å². The lowest BCUT2D eigenvalue weighted by Crippen LogP contribution is -2.39. The molecule has 0 aromatic carbocycles. The number of nitrogens with zero attached hydrogens (tertiary/aromatic N) is 4. The molecule has 1 rings (SSSR count). The zero-order valence-corrected chi connectivity index (χ0v) is 15.8. The first-order chi connectivity index (χ1) is 10.6. The predicted octanol–water partition coefficient (Wildman–Crippen LogP) is 1.03. The van der Waals surface area contributed by atoms with Crippen LogP contribution in [0.1, 0.15) is 33.3 Å². The predicted molar refractivity (Wildman–Crippen MR) is 94.2 cm³/mol. The molecular formula is C15H29N5O2S. The van der Waals surface area contributed by atoms with Gasteiger partial charge in [-0.05, 0) is 27.7 Å². The SMILES string of the molecule is CCNC(=NCCS(=O)(=O)C(C)(C)C)N(C)Cc1cnn(C)c1. The summed E-state index contributed by atoms with van der Waals surface area (Å²) in [5, 5.41) is 7.34. The van der Waals surface area contributed by atoms with E-state index in [0.29, 0.717) is 12.5 Å². The molecule has 0 fully saturated rings. The van der Waals surface area contributed by atoms with Crippen LogP contribution in [-0.2, 0) is 23.4 Å². The van der Waals surface area contributed by atoms with Gasteiger partial charge in [0.2, 0.25) is 0 Å².